The predicted octanol–water partition coefficient (Wildman–Crippen LogP) is 3.86. The van der Waals surface area contributed by atoms with Gasteiger partial charge in [0.05, 0.1) is 0 Å². The van der Waals surface area contributed by atoms with Crippen molar-refractivity contribution in [3.05, 3.63) is 0 Å². The minimum atomic E-state index is 0.675. The molecular weight excluding hydrogens is 132 g/mol. The van der Waals surface area contributed by atoms with Crippen molar-refractivity contribution in [1.82, 2.24) is 0 Å². The fourth-order valence-electron chi connectivity index (χ4n) is 2.52. The van der Waals surface area contributed by atoms with E-state index in [0.29, 0.717) is 5.41 Å². The highest BCUT2D eigenvalue weighted by molar-refractivity contribution is 4.87. The van der Waals surface area contributed by atoms with Gasteiger partial charge in [0.1, 0.15) is 0 Å². The van der Waals surface area contributed by atoms with E-state index in [1.807, 2.05) is 0 Å². The Labute approximate surface area is 71.4 Å². The van der Waals surface area contributed by atoms with Crippen LogP contribution in [0.2, 0.25) is 0 Å². The Morgan fingerprint density at radius 3 is 2.55 bits per heavy atom. The maximum atomic E-state index is 2.48. The zero-order chi connectivity index (χ0) is 8.48. The van der Waals surface area contributed by atoms with Gasteiger partial charge in [0.25, 0.3) is 0 Å². The molecule has 0 saturated heterocycles. The van der Waals surface area contributed by atoms with Gasteiger partial charge in [0.15, 0.2) is 0 Å². The van der Waals surface area contributed by atoms with E-state index < -0.39 is 0 Å². The van der Waals surface area contributed by atoms with Crippen LogP contribution in [0.4, 0.5) is 0 Å². The SMILES string of the molecule is CCC(C)C1(C)CCC(C)C1. The molecule has 0 heterocycles. The van der Waals surface area contributed by atoms with E-state index in [1.165, 1.54) is 25.7 Å². The molecule has 0 amide bonds. The Hall–Kier alpha value is 0. The topological polar surface area (TPSA) is 0 Å². The van der Waals surface area contributed by atoms with Crippen LogP contribution in [0.3, 0.4) is 0 Å². The second-order valence-electron chi connectivity index (χ2n) is 4.81. The quantitative estimate of drug-likeness (QED) is 0.566. The smallest absolute Gasteiger partial charge is 0.0298 e. The summed E-state index contributed by atoms with van der Waals surface area (Å²) in [6.07, 6.45) is 5.73. The van der Waals surface area contributed by atoms with Crippen molar-refractivity contribution < 1.29 is 0 Å². The van der Waals surface area contributed by atoms with Crippen molar-refractivity contribution in [2.45, 2.75) is 53.4 Å². The van der Waals surface area contributed by atoms with Crippen LogP contribution < -0.4 is 0 Å². The Bertz CT molecular complexity index is 128. The molecule has 0 aromatic heterocycles. The van der Waals surface area contributed by atoms with Crippen molar-refractivity contribution in [2.24, 2.45) is 17.3 Å². The highest BCUT2D eigenvalue weighted by atomic mass is 14.4. The molecule has 3 atom stereocenters. The summed E-state index contributed by atoms with van der Waals surface area (Å²) in [4.78, 5) is 0. The second kappa shape index (κ2) is 3.16. The molecule has 0 aromatic rings. The molecule has 0 aromatic carbocycles. The van der Waals surface area contributed by atoms with Gasteiger partial charge in [-0.15, -0.1) is 0 Å². The van der Waals surface area contributed by atoms with Gasteiger partial charge in [0.2, 0.25) is 0 Å². The normalized spacial score (nSPS) is 40.9. The Morgan fingerprint density at radius 1 is 1.55 bits per heavy atom. The lowest BCUT2D eigenvalue weighted by Gasteiger charge is -2.30. The van der Waals surface area contributed by atoms with Crippen LogP contribution in [0.5, 0.6) is 0 Å². The molecule has 1 saturated carbocycles. The zero-order valence-electron chi connectivity index (χ0n) is 8.48. The molecule has 0 radical (unpaired) electrons. The molecule has 0 aliphatic heterocycles. The van der Waals surface area contributed by atoms with E-state index in [9.17, 15) is 0 Å². The van der Waals surface area contributed by atoms with Crippen molar-refractivity contribution in [2.75, 3.05) is 0 Å². The van der Waals surface area contributed by atoms with Crippen LogP contribution in [-0.2, 0) is 0 Å². The van der Waals surface area contributed by atoms with Gasteiger partial charge in [0, 0.05) is 0 Å². The molecule has 3 unspecified atom stereocenters. The zero-order valence-corrected chi connectivity index (χ0v) is 8.48. The Kier molecular flexibility index (Phi) is 2.61. The highest BCUT2D eigenvalue weighted by Gasteiger charge is 2.36. The molecule has 0 heteroatoms. The summed E-state index contributed by atoms with van der Waals surface area (Å²) in [6, 6.07) is 0. The van der Waals surface area contributed by atoms with Crippen molar-refractivity contribution in [1.29, 1.82) is 0 Å². The van der Waals surface area contributed by atoms with Gasteiger partial charge >= 0.3 is 0 Å². The van der Waals surface area contributed by atoms with Crippen LogP contribution >= 0.6 is 0 Å². The highest BCUT2D eigenvalue weighted by Crippen LogP contribution is 2.47. The second-order valence-corrected chi connectivity index (χ2v) is 4.81. The van der Waals surface area contributed by atoms with Crippen LogP contribution in [0.15, 0.2) is 0 Å². The molecule has 0 spiro atoms. The van der Waals surface area contributed by atoms with Gasteiger partial charge in [-0.05, 0) is 30.1 Å². The van der Waals surface area contributed by atoms with Gasteiger partial charge < -0.3 is 0 Å². The third-order valence-electron chi connectivity index (χ3n) is 3.83. The molecule has 0 N–H and O–H groups in total. The minimum absolute atomic E-state index is 0.675. The Morgan fingerprint density at radius 2 is 2.18 bits per heavy atom. The van der Waals surface area contributed by atoms with Gasteiger partial charge in [-0.3, -0.25) is 0 Å². The van der Waals surface area contributed by atoms with Crippen LogP contribution in [0.25, 0.3) is 0 Å². The fourth-order valence-corrected chi connectivity index (χ4v) is 2.52. The molecule has 0 nitrogen and oxygen atoms in total. The van der Waals surface area contributed by atoms with E-state index >= 15 is 0 Å². The van der Waals surface area contributed by atoms with E-state index in [1.54, 1.807) is 0 Å². The minimum Gasteiger partial charge on any atom is -0.0651 e. The average Bonchev–Trinajstić information content (AvgIpc) is 2.31. The van der Waals surface area contributed by atoms with Crippen molar-refractivity contribution in [3.63, 3.8) is 0 Å². The third kappa shape index (κ3) is 1.77. The molecule has 1 fully saturated rings. The van der Waals surface area contributed by atoms with Crippen LogP contribution in [-0.4, -0.2) is 0 Å². The van der Waals surface area contributed by atoms with E-state index in [-0.39, 0.29) is 0 Å². The maximum absolute atomic E-state index is 2.48. The largest absolute Gasteiger partial charge is 0.0651 e. The van der Waals surface area contributed by atoms with E-state index in [4.69, 9.17) is 0 Å². The van der Waals surface area contributed by atoms with Crippen LogP contribution in [0.1, 0.15) is 53.4 Å². The molecule has 66 valence electrons. The monoisotopic (exact) mass is 154 g/mol. The number of hydrogen-bond donors (Lipinski definition) is 0. The Balaban J connectivity index is 2.54. The molecule has 11 heavy (non-hydrogen) atoms. The maximum Gasteiger partial charge on any atom is -0.0298 e. The summed E-state index contributed by atoms with van der Waals surface area (Å²) in [6.45, 7) is 9.61. The summed E-state index contributed by atoms with van der Waals surface area (Å²) >= 11 is 0. The number of rotatable bonds is 2. The molecule has 1 aliphatic rings. The number of hydrogen-bond acceptors (Lipinski definition) is 0. The third-order valence-corrected chi connectivity index (χ3v) is 3.83. The summed E-state index contributed by atoms with van der Waals surface area (Å²) in [5.41, 5.74) is 0.675. The van der Waals surface area contributed by atoms with Gasteiger partial charge in [-0.1, -0.05) is 40.5 Å². The van der Waals surface area contributed by atoms with Crippen molar-refractivity contribution >= 4 is 0 Å². The first-order chi connectivity index (χ1) is 5.08. The first-order valence-corrected chi connectivity index (χ1v) is 5.08. The lowest BCUT2D eigenvalue weighted by Crippen LogP contribution is -2.21. The first kappa shape index (κ1) is 9.09. The standard InChI is InChI=1S/C11H22/c1-5-10(3)11(4)7-6-9(2)8-11/h9-10H,5-8H2,1-4H3. The van der Waals surface area contributed by atoms with Crippen LogP contribution in [0, 0.1) is 17.3 Å². The summed E-state index contributed by atoms with van der Waals surface area (Å²) < 4.78 is 0. The molecule has 1 aliphatic carbocycles. The summed E-state index contributed by atoms with van der Waals surface area (Å²) in [5, 5.41) is 0. The summed E-state index contributed by atoms with van der Waals surface area (Å²) in [5.74, 6) is 1.90. The fraction of sp³-hybridized carbons (Fsp3) is 1.00. The van der Waals surface area contributed by atoms with Gasteiger partial charge in [-0.25, -0.2) is 0 Å². The molecule has 1 rings (SSSR count). The lowest BCUT2D eigenvalue weighted by molar-refractivity contribution is 0.197. The molecule has 0 bridgehead atoms. The van der Waals surface area contributed by atoms with E-state index in [0.717, 1.165) is 11.8 Å². The average molecular weight is 154 g/mol. The lowest BCUT2D eigenvalue weighted by atomic mass is 9.75. The summed E-state index contributed by atoms with van der Waals surface area (Å²) in [7, 11) is 0. The van der Waals surface area contributed by atoms with E-state index in [2.05, 4.69) is 27.7 Å². The van der Waals surface area contributed by atoms with Crippen molar-refractivity contribution in [3.8, 4) is 0 Å². The van der Waals surface area contributed by atoms with Gasteiger partial charge in [-0.2, -0.15) is 0 Å². The first-order valence-electron chi connectivity index (χ1n) is 5.08. The predicted molar refractivity (Wildman–Crippen MR) is 50.6 cm³/mol. The molecular formula is C11H22.